The number of rotatable bonds is 14. The average Bonchev–Trinajstić information content (AvgIpc) is 2.90. The summed E-state index contributed by atoms with van der Waals surface area (Å²) in [4.78, 5) is 27.2. The third kappa shape index (κ3) is 8.65. The maximum atomic E-state index is 12.9. The van der Waals surface area contributed by atoms with Crippen LogP contribution in [0.1, 0.15) is 37.0 Å². The molecule has 3 rings (SSSR count). The monoisotopic (exact) mass is 489 g/mol. The normalized spacial score (nSPS) is 10.4. The molecule has 0 heterocycles. The van der Waals surface area contributed by atoms with Gasteiger partial charge in [-0.15, -0.1) is 0 Å². The van der Waals surface area contributed by atoms with Gasteiger partial charge in [-0.25, -0.2) is 0 Å². The third-order valence-corrected chi connectivity index (χ3v) is 5.32. The molecule has 3 aromatic carbocycles. The van der Waals surface area contributed by atoms with Gasteiger partial charge in [0.1, 0.15) is 24.7 Å². The van der Waals surface area contributed by atoms with Gasteiger partial charge in [0.15, 0.2) is 0 Å². The molecule has 0 aliphatic heterocycles. The van der Waals surface area contributed by atoms with E-state index in [0.29, 0.717) is 30.2 Å². The highest BCUT2D eigenvalue weighted by Crippen LogP contribution is 2.18. The number of ether oxygens (including phenoxy) is 2. The van der Waals surface area contributed by atoms with Crippen molar-refractivity contribution in [3.05, 3.63) is 84.4 Å². The summed E-state index contributed by atoms with van der Waals surface area (Å²) in [6.07, 6.45) is 1.83. The molecule has 2 N–H and O–H groups in total. The summed E-state index contributed by atoms with van der Waals surface area (Å²) in [5.41, 5.74) is 1.98. The van der Waals surface area contributed by atoms with E-state index in [9.17, 15) is 9.59 Å². The van der Waals surface area contributed by atoms with Crippen LogP contribution in [0.2, 0.25) is 0 Å². The fraction of sp³-hybridized carbons (Fsp3) is 0.310. The van der Waals surface area contributed by atoms with Crippen LogP contribution in [0.25, 0.3) is 0 Å². The fourth-order valence-corrected chi connectivity index (χ4v) is 3.69. The van der Waals surface area contributed by atoms with Gasteiger partial charge in [0, 0.05) is 36.1 Å². The fourth-order valence-electron chi connectivity index (χ4n) is 3.69. The second-order valence-electron chi connectivity index (χ2n) is 8.31. The van der Waals surface area contributed by atoms with Crippen LogP contribution in [0.15, 0.2) is 78.9 Å². The Morgan fingerprint density at radius 3 is 2.11 bits per heavy atom. The van der Waals surface area contributed by atoms with E-state index < -0.39 is 0 Å². The Morgan fingerprint density at radius 1 is 0.750 bits per heavy atom. The molecule has 190 valence electrons. The first-order chi connectivity index (χ1) is 17.6. The van der Waals surface area contributed by atoms with E-state index in [-0.39, 0.29) is 18.4 Å². The molecule has 0 spiro atoms. The Kier molecular flexibility index (Phi) is 10.6. The standard InChI is InChI=1S/C29H35N3O4/c1-3-16-32(17-4-2)29(34)23-10-8-11-24(20-23)30-22-28(33)31-25-12-9-15-27(21-25)36-19-18-35-26-13-6-5-7-14-26/h5-15,20-21,30H,3-4,16-19,22H2,1-2H3,(H,31,33). The van der Waals surface area contributed by atoms with E-state index in [1.807, 2.05) is 65.6 Å². The molecule has 0 saturated carbocycles. The van der Waals surface area contributed by atoms with Crippen molar-refractivity contribution in [3.63, 3.8) is 0 Å². The van der Waals surface area contributed by atoms with E-state index in [1.54, 1.807) is 18.2 Å². The number of carbonyl (C=O) groups is 2. The summed E-state index contributed by atoms with van der Waals surface area (Å²) in [6, 6.07) is 24.1. The Balaban J connectivity index is 1.47. The van der Waals surface area contributed by atoms with E-state index >= 15 is 0 Å². The SMILES string of the molecule is CCCN(CCC)C(=O)c1cccc(NCC(=O)Nc2cccc(OCCOc3ccccc3)c2)c1. The average molecular weight is 490 g/mol. The van der Waals surface area contributed by atoms with Gasteiger partial charge >= 0.3 is 0 Å². The lowest BCUT2D eigenvalue weighted by atomic mass is 10.1. The van der Waals surface area contributed by atoms with Crippen LogP contribution in [0.5, 0.6) is 11.5 Å². The number of hydrogen-bond acceptors (Lipinski definition) is 5. The summed E-state index contributed by atoms with van der Waals surface area (Å²) in [6.45, 7) is 6.47. The summed E-state index contributed by atoms with van der Waals surface area (Å²) in [7, 11) is 0. The van der Waals surface area contributed by atoms with Crippen molar-refractivity contribution in [2.75, 3.05) is 43.5 Å². The van der Waals surface area contributed by atoms with Crippen molar-refractivity contribution in [2.45, 2.75) is 26.7 Å². The van der Waals surface area contributed by atoms with Crippen LogP contribution < -0.4 is 20.1 Å². The molecule has 0 bridgehead atoms. The number of carbonyl (C=O) groups excluding carboxylic acids is 2. The predicted octanol–water partition coefficient (Wildman–Crippen LogP) is 5.46. The number of nitrogens with one attached hydrogen (secondary N) is 2. The molecular formula is C29H35N3O4. The zero-order valence-electron chi connectivity index (χ0n) is 21.0. The largest absolute Gasteiger partial charge is 0.490 e. The Labute approximate surface area is 213 Å². The minimum Gasteiger partial charge on any atom is -0.490 e. The minimum absolute atomic E-state index is 0.0118. The molecule has 0 atom stereocenters. The number of amides is 2. The zero-order chi connectivity index (χ0) is 25.6. The van der Waals surface area contributed by atoms with E-state index in [4.69, 9.17) is 9.47 Å². The molecule has 0 fully saturated rings. The second-order valence-corrected chi connectivity index (χ2v) is 8.31. The smallest absolute Gasteiger partial charge is 0.253 e. The maximum Gasteiger partial charge on any atom is 0.253 e. The Hall–Kier alpha value is -4.00. The molecule has 0 aliphatic rings. The lowest BCUT2D eigenvalue weighted by molar-refractivity contribution is -0.114. The molecule has 0 unspecified atom stereocenters. The summed E-state index contributed by atoms with van der Waals surface area (Å²) < 4.78 is 11.4. The third-order valence-electron chi connectivity index (χ3n) is 5.32. The van der Waals surface area contributed by atoms with Crippen molar-refractivity contribution in [1.29, 1.82) is 0 Å². The van der Waals surface area contributed by atoms with E-state index in [0.717, 1.165) is 37.4 Å². The number of para-hydroxylation sites is 1. The number of hydrogen-bond donors (Lipinski definition) is 2. The first-order valence-electron chi connectivity index (χ1n) is 12.4. The van der Waals surface area contributed by atoms with Crippen molar-refractivity contribution >= 4 is 23.2 Å². The van der Waals surface area contributed by atoms with Gasteiger partial charge in [0.05, 0.1) is 6.54 Å². The highest BCUT2D eigenvalue weighted by Gasteiger charge is 2.14. The number of benzene rings is 3. The predicted molar refractivity (Wildman–Crippen MR) is 144 cm³/mol. The maximum absolute atomic E-state index is 12.9. The van der Waals surface area contributed by atoms with Gasteiger partial charge in [0.25, 0.3) is 5.91 Å². The van der Waals surface area contributed by atoms with Gasteiger partial charge in [-0.05, 0) is 55.3 Å². The van der Waals surface area contributed by atoms with Crippen molar-refractivity contribution in [1.82, 2.24) is 4.90 Å². The summed E-state index contributed by atoms with van der Waals surface area (Å²) in [5.74, 6) is 1.25. The molecule has 36 heavy (non-hydrogen) atoms. The molecule has 0 aromatic heterocycles. The quantitative estimate of drug-likeness (QED) is 0.294. The Morgan fingerprint density at radius 2 is 1.39 bits per heavy atom. The van der Waals surface area contributed by atoms with E-state index in [2.05, 4.69) is 24.5 Å². The van der Waals surface area contributed by atoms with Crippen LogP contribution in [0, 0.1) is 0 Å². The highest BCUT2D eigenvalue weighted by atomic mass is 16.5. The van der Waals surface area contributed by atoms with Gasteiger partial charge < -0.3 is 25.0 Å². The summed E-state index contributed by atoms with van der Waals surface area (Å²) in [5, 5.41) is 5.97. The Bertz CT molecular complexity index is 1100. The number of nitrogens with zero attached hydrogens (tertiary/aromatic N) is 1. The van der Waals surface area contributed by atoms with Gasteiger partial charge in [-0.1, -0.05) is 44.2 Å². The lowest BCUT2D eigenvalue weighted by Gasteiger charge is -2.21. The number of anilines is 2. The molecule has 7 nitrogen and oxygen atoms in total. The first kappa shape index (κ1) is 26.6. The highest BCUT2D eigenvalue weighted by molar-refractivity contribution is 5.96. The van der Waals surface area contributed by atoms with Gasteiger partial charge in [0.2, 0.25) is 5.91 Å². The van der Waals surface area contributed by atoms with Crippen molar-refractivity contribution in [2.24, 2.45) is 0 Å². The van der Waals surface area contributed by atoms with Gasteiger partial charge in [-0.2, -0.15) is 0 Å². The molecule has 2 amide bonds. The van der Waals surface area contributed by atoms with Crippen LogP contribution in [0.3, 0.4) is 0 Å². The van der Waals surface area contributed by atoms with Crippen LogP contribution in [-0.4, -0.2) is 49.6 Å². The minimum atomic E-state index is -0.199. The molecular weight excluding hydrogens is 454 g/mol. The molecule has 0 aliphatic carbocycles. The first-order valence-corrected chi connectivity index (χ1v) is 12.4. The van der Waals surface area contributed by atoms with Gasteiger partial charge in [-0.3, -0.25) is 9.59 Å². The topological polar surface area (TPSA) is 79.9 Å². The van der Waals surface area contributed by atoms with Crippen LogP contribution in [0.4, 0.5) is 11.4 Å². The molecule has 7 heteroatoms. The van der Waals surface area contributed by atoms with Crippen molar-refractivity contribution in [3.8, 4) is 11.5 Å². The second kappa shape index (κ2) is 14.4. The van der Waals surface area contributed by atoms with Crippen molar-refractivity contribution < 1.29 is 19.1 Å². The van der Waals surface area contributed by atoms with E-state index in [1.165, 1.54) is 0 Å². The molecule has 3 aromatic rings. The lowest BCUT2D eigenvalue weighted by Crippen LogP contribution is -2.32. The van der Waals surface area contributed by atoms with Crippen LogP contribution in [-0.2, 0) is 4.79 Å². The van der Waals surface area contributed by atoms with Crippen LogP contribution >= 0.6 is 0 Å². The zero-order valence-corrected chi connectivity index (χ0v) is 21.0. The summed E-state index contributed by atoms with van der Waals surface area (Å²) >= 11 is 0. The molecule has 0 saturated heterocycles. The molecule has 0 radical (unpaired) electrons.